The second-order valence-corrected chi connectivity index (χ2v) is 10.0. The second kappa shape index (κ2) is 9.71. The van der Waals surface area contributed by atoms with Gasteiger partial charge in [-0.1, -0.05) is 43.0 Å². The Bertz CT molecular complexity index is 1510. The molecule has 0 radical (unpaired) electrons. The van der Waals surface area contributed by atoms with Gasteiger partial charge in [0.05, 0.1) is 21.4 Å². The van der Waals surface area contributed by atoms with Crippen LogP contribution in [-0.2, 0) is 5.67 Å². The van der Waals surface area contributed by atoms with E-state index in [1.165, 1.54) is 23.1 Å². The minimum absolute atomic E-state index is 0.0272. The standard InChI is InChI=1S/C26H16Br2F8N2/c1-13(14-7-4-3-5-8-14)38(2)19-10-6-9-16(21(19)29)23-20(28)17-11-15(12-18(27)22(17)37-23)24(30,25(31,32)33)26(34,35)36/h3-12,37H,1H2,2H3. The molecule has 0 amide bonds. The fourth-order valence-corrected chi connectivity index (χ4v) is 5.22. The van der Waals surface area contributed by atoms with E-state index in [0.717, 1.165) is 5.56 Å². The number of benzene rings is 3. The number of nitrogens with zero attached hydrogens (tertiary/aromatic N) is 1. The summed E-state index contributed by atoms with van der Waals surface area (Å²) in [5.41, 5.74) is -5.96. The Labute approximate surface area is 228 Å². The van der Waals surface area contributed by atoms with E-state index in [1.54, 1.807) is 31.3 Å². The third-order valence-corrected chi connectivity index (χ3v) is 7.55. The zero-order valence-electron chi connectivity index (χ0n) is 19.2. The second-order valence-electron chi connectivity index (χ2n) is 8.36. The van der Waals surface area contributed by atoms with Crippen LogP contribution >= 0.6 is 31.9 Å². The van der Waals surface area contributed by atoms with Crippen LogP contribution in [0, 0.1) is 5.82 Å². The summed E-state index contributed by atoms with van der Waals surface area (Å²) in [6.07, 6.45) is -12.6. The molecule has 1 N–H and O–H groups in total. The molecule has 200 valence electrons. The molecule has 3 aromatic carbocycles. The van der Waals surface area contributed by atoms with Gasteiger partial charge in [0.25, 0.3) is 0 Å². The number of rotatable bonds is 5. The van der Waals surface area contributed by atoms with Gasteiger partial charge in [-0.2, -0.15) is 26.3 Å². The number of alkyl halides is 7. The lowest BCUT2D eigenvalue weighted by Gasteiger charge is -2.30. The first-order valence-corrected chi connectivity index (χ1v) is 12.3. The minimum Gasteiger partial charge on any atom is -0.353 e. The SMILES string of the molecule is C=C(c1ccccc1)N(C)c1cccc(-c2[nH]c3c(Br)cc(C(F)(C(F)(F)F)C(F)(F)F)cc3c2Br)c1F. The lowest BCUT2D eigenvalue weighted by molar-refractivity contribution is -0.348. The molecule has 4 rings (SSSR count). The summed E-state index contributed by atoms with van der Waals surface area (Å²) >= 11 is 6.08. The summed E-state index contributed by atoms with van der Waals surface area (Å²) in [5.74, 6) is -0.735. The maximum Gasteiger partial charge on any atom is 0.435 e. The Hall–Kier alpha value is -2.86. The topological polar surface area (TPSA) is 19.0 Å². The molecule has 38 heavy (non-hydrogen) atoms. The van der Waals surface area contributed by atoms with E-state index in [2.05, 4.69) is 43.4 Å². The first-order valence-electron chi connectivity index (χ1n) is 10.7. The highest BCUT2D eigenvalue weighted by Gasteiger charge is 2.73. The quantitative estimate of drug-likeness (QED) is 0.210. The van der Waals surface area contributed by atoms with E-state index in [1.807, 2.05) is 6.07 Å². The van der Waals surface area contributed by atoms with Gasteiger partial charge in [-0.25, -0.2) is 8.78 Å². The van der Waals surface area contributed by atoms with E-state index in [9.17, 15) is 30.7 Å². The van der Waals surface area contributed by atoms with Crippen LogP contribution < -0.4 is 4.90 Å². The number of hydrogen-bond donors (Lipinski definition) is 1. The van der Waals surface area contributed by atoms with Crippen LogP contribution in [0.3, 0.4) is 0 Å². The number of H-pyrrole nitrogens is 1. The van der Waals surface area contributed by atoms with Crippen molar-refractivity contribution in [3.05, 3.63) is 93.1 Å². The van der Waals surface area contributed by atoms with Crippen molar-refractivity contribution in [2.75, 3.05) is 11.9 Å². The fourth-order valence-electron chi connectivity index (χ4n) is 4.04. The summed E-state index contributed by atoms with van der Waals surface area (Å²) in [5, 5.41) is -0.216. The van der Waals surface area contributed by atoms with Gasteiger partial charge in [0, 0.05) is 33.7 Å². The molecule has 1 aromatic heterocycles. The third-order valence-electron chi connectivity index (χ3n) is 6.10. The van der Waals surface area contributed by atoms with Gasteiger partial charge in [-0.3, -0.25) is 0 Å². The lowest BCUT2D eigenvalue weighted by Crippen LogP contribution is -2.50. The van der Waals surface area contributed by atoms with Gasteiger partial charge >= 0.3 is 18.0 Å². The number of aromatic nitrogens is 1. The van der Waals surface area contributed by atoms with Crippen molar-refractivity contribution in [3.8, 4) is 11.3 Å². The van der Waals surface area contributed by atoms with Gasteiger partial charge < -0.3 is 9.88 Å². The summed E-state index contributed by atoms with van der Waals surface area (Å²) < 4.78 is 110. The number of nitrogens with one attached hydrogen (secondary N) is 1. The fraction of sp³-hybridized carbons (Fsp3) is 0.154. The predicted octanol–water partition coefficient (Wildman–Crippen LogP) is 9.90. The zero-order valence-corrected chi connectivity index (χ0v) is 22.4. The number of anilines is 1. The van der Waals surface area contributed by atoms with Crippen molar-refractivity contribution in [2.45, 2.75) is 18.0 Å². The van der Waals surface area contributed by atoms with Crippen molar-refractivity contribution < 1.29 is 35.1 Å². The van der Waals surface area contributed by atoms with Gasteiger partial charge in [0.1, 0.15) is 0 Å². The smallest absolute Gasteiger partial charge is 0.353 e. The molecule has 0 unspecified atom stereocenters. The summed E-state index contributed by atoms with van der Waals surface area (Å²) in [7, 11) is 1.59. The molecule has 2 nitrogen and oxygen atoms in total. The maximum atomic E-state index is 15.8. The van der Waals surface area contributed by atoms with Crippen molar-refractivity contribution in [2.24, 2.45) is 0 Å². The van der Waals surface area contributed by atoms with E-state index in [-0.39, 0.29) is 36.8 Å². The van der Waals surface area contributed by atoms with E-state index >= 15 is 4.39 Å². The Balaban J connectivity index is 1.86. The van der Waals surface area contributed by atoms with Crippen molar-refractivity contribution in [3.63, 3.8) is 0 Å². The average molecular weight is 668 g/mol. The van der Waals surface area contributed by atoms with Gasteiger partial charge in [0.15, 0.2) is 5.82 Å². The van der Waals surface area contributed by atoms with Crippen molar-refractivity contribution in [1.82, 2.24) is 4.98 Å². The molecule has 4 aromatic rings. The summed E-state index contributed by atoms with van der Waals surface area (Å²) in [6, 6.07) is 14.2. The summed E-state index contributed by atoms with van der Waals surface area (Å²) in [4.78, 5) is 4.32. The first kappa shape index (κ1) is 28.2. The predicted molar refractivity (Wildman–Crippen MR) is 138 cm³/mol. The molecule has 0 saturated heterocycles. The molecule has 0 spiro atoms. The number of fused-ring (bicyclic) bond motifs is 1. The van der Waals surface area contributed by atoms with Gasteiger partial charge in [-0.15, -0.1) is 0 Å². The summed E-state index contributed by atoms with van der Waals surface area (Å²) in [6.45, 7) is 4.00. The van der Waals surface area contributed by atoms with Crippen LogP contribution in [0.2, 0.25) is 0 Å². The Morgan fingerprint density at radius 2 is 1.47 bits per heavy atom. The van der Waals surface area contributed by atoms with E-state index < -0.39 is 29.4 Å². The number of aromatic amines is 1. The van der Waals surface area contributed by atoms with Crippen LogP contribution in [0.5, 0.6) is 0 Å². The third kappa shape index (κ3) is 4.51. The van der Waals surface area contributed by atoms with Gasteiger partial charge in [0.2, 0.25) is 0 Å². The molecule has 0 aliphatic heterocycles. The zero-order chi connectivity index (χ0) is 28.2. The Kier molecular flexibility index (Phi) is 7.19. The molecule has 0 aliphatic carbocycles. The van der Waals surface area contributed by atoms with Crippen LogP contribution in [-0.4, -0.2) is 24.4 Å². The molecule has 12 heteroatoms. The lowest BCUT2D eigenvalue weighted by atomic mass is 9.93. The van der Waals surface area contributed by atoms with Crippen LogP contribution in [0.4, 0.5) is 40.8 Å². The first-order chi connectivity index (χ1) is 17.6. The average Bonchev–Trinajstić information content (AvgIpc) is 3.18. The van der Waals surface area contributed by atoms with Crippen LogP contribution in [0.25, 0.3) is 27.9 Å². The molecule has 0 aliphatic rings. The molecule has 0 fully saturated rings. The van der Waals surface area contributed by atoms with Crippen molar-refractivity contribution >= 4 is 54.1 Å². The van der Waals surface area contributed by atoms with Crippen LogP contribution in [0.15, 0.2) is 76.2 Å². The minimum atomic E-state index is -6.28. The highest BCUT2D eigenvalue weighted by molar-refractivity contribution is 9.11. The molecular weight excluding hydrogens is 652 g/mol. The normalized spacial score (nSPS) is 12.7. The maximum absolute atomic E-state index is 15.8. The number of halogens is 10. The van der Waals surface area contributed by atoms with E-state index in [4.69, 9.17) is 0 Å². The Morgan fingerprint density at radius 1 is 0.868 bits per heavy atom. The highest BCUT2D eigenvalue weighted by atomic mass is 79.9. The molecule has 0 saturated carbocycles. The van der Waals surface area contributed by atoms with E-state index in [0.29, 0.717) is 17.8 Å². The Morgan fingerprint density at radius 3 is 2.05 bits per heavy atom. The largest absolute Gasteiger partial charge is 0.435 e. The van der Waals surface area contributed by atoms with Crippen LogP contribution in [0.1, 0.15) is 11.1 Å². The molecule has 0 bridgehead atoms. The molecular formula is C26H16Br2F8N2. The molecule has 0 atom stereocenters. The molecule has 1 heterocycles. The van der Waals surface area contributed by atoms with Crippen molar-refractivity contribution in [1.29, 1.82) is 0 Å². The highest BCUT2D eigenvalue weighted by Crippen LogP contribution is 2.54. The number of hydrogen-bond acceptors (Lipinski definition) is 1. The monoisotopic (exact) mass is 666 g/mol. The van der Waals surface area contributed by atoms with Gasteiger partial charge in [-0.05, 0) is 61.7 Å².